The van der Waals surface area contributed by atoms with Crippen LogP contribution < -0.4 is 15.5 Å². The van der Waals surface area contributed by atoms with Gasteiger partial charge in [-0.2, -0.15) is 0 Å². The normalized spacial score (nSPS) is 17.1. The number of benzene rings is 1. The minimum absolute atomic E-state index is 0. The molecule has 4 nitrogen and oxygen atoms in total. The van der Waals surface area contributed by atoms with Gasteiger partial charge in [0.2, 0.25) is 5.91 Å². The quantitative estimate of drug-likeness (QED) is 0.867. The Labute approximate surface area is 139 Å². The Morgan fingerprint density at radius 1 is 1.33 bits per heavy atom. The van der Waals surface area contributed by atoms with E-state index in [0.717, 1.165) is 32.5 Å². The molecule has 1 aromatic carbocycles. The number of carbonyl (C=O) groups excluding carboxylic acids is 1. The van der Waals surface area contributed by atoms with Crippen LogP contribution in [0.1, 0.15) is 12.8 Å². The molecule has 1 saturated heterocycles. The Morgan fingerprint density at radius 2 is 2.05 bits per heavy atom. The van der Waals surface area contributed by atoms with Crippen molar-refractivity contribution < 1.29 is 4.79 Å². The van der Waals surface area contributed by atoms with Crippen LogP contribution in [0.25, 0.3) is 0 Å². The lowest BCUT2D eigenvalue weighted by molar-refractivity contribution is -0.125. The van der Waals surface area contributed by atoms with Gasteiger partial charge in [-0.05, 0) is 31.5 Å². The van der Waals surface area contributed by atoms with E-state index in [2.05, 4.69) is 27.7 Å². The predicted octanol–water partition coefficient (Wildman–Crippen LogP) is 2.08. The first-order valence-corrected chi connectivity index (χ1v) is 7.02. The summed E-state index contributed by atoms with van der Waals surface area (Å²) >= 11 is 0. The van der Waals surface area contributed by atoms with Crippen molar-refractivity contribution in [2.75, 3.05) is 38.1 Å². The molecule has 0 aliphatic carbocycles. The Morgan fingerprint density at radius 3 is 2.67 bits per heavy atom. The zero-order chi connectivity index (χ0) is 13.5. The molecule has 0 unspecified atom stereocenters. The summed E-state index contributed by atoms with van der Waals surface area (Å²) in [5, 5.41) is 6.30. The smallest absolute Gasteiger partial charge is 0.224 e. The largest absolute Gasteiger partial charge is 0.373 e. The van der Waals surface area contributed by atoms with Gasteiger partial charge in [0.25, 0.3) is 0 Å². The first-order chi connectivity index (χ1) is 9.27. The number of halogens is 2. The van der Waals surface area contributed by atoms with Crippen molar-refractivity contribution in [2.45, 2.75) is 12.8 Å². The molecular formula is C15H25Cl2N3O. The number of hydrogen-bond acceptors (Lipinski definition) is 3. The summed E-state index contributed by atoms with van der Waals surface area (Å²) < 4.78 is 0. The summed E-state index contributed by atoms with van der Waals surface area (Å²) in [6, 6.07) is 10.2. The van der Waals surface area contributed by atoms with Crippen molar-refractivity contribution >= 4 is 36.4 Å². The van der Waals surface area contributed by atoms with E-state index in [0.29, 0.717) is 6.54 Å². The van der Waals surface area contributed by atoms with Crippen LogP contribution >= 0.6 is 24.8 Å². The molecule has 1 amide bonds. The fourth-order valence-electron chi connectivity index (χ4n) is 2.38. The predicted molar refractivity (Wildman–Crippen MR) is 92.8 cm³/mol. The topological polar surface area (TPSA) is 44.4 Å². The minimum atomic E-state index is 0. The number of piperidine rings is 1. The molecule has 1 aliphatic heterocycles. The fourth-order valence-corrected chi connectivity index (χ4v) is 2.38. The third-order valence-corrected chi connectivity index (χ3v) is 3.61. The lowest BCUT2D eigenvalue weighted by Crippen LogP contribution is -2.42. The number of rotatable bonds is 5. The van der Waals surface area contributed by atoms with Gasteiger partial charge in [-0.3, -0.25) is 4.79 Å². The highest BCUT2D eigenvalue weighted by Gasteiger charge is 2.20. The van der Waals surface area contributed by atoms with Gasteiger partial charge in [0.1, 0.15) is 0 Å². The summed E-state index contributed by atoms with van der Waals surface area (Å²) in [7, 11) is 2.05. The van der Waals surface area contributed by atoms with Gasteiger partial charge in [0, 0.05) is 32.4 Å². The van der Waals surface area contributed by atoms with Gasteiger partial charge in [-0.1, -0.05) is 18.2 Å². The lowest BCUT2D eigenvalue weighted by Gasteiger charge is -2.23. The molecule has 21 heavy (non-hydrogen) atoms. The van der Waals surface area contributed by atoms with Crippen LogP contribution in [0.3, 0.4) is 0 Å². The van der Waals surface area contributed by atoms with Crippen LogP contribution in [0.5, 0.6) is 0 Å². The molecule has 2 N–H and O–H groups in total. The third-order valence-electron chi connectivity index (χ3n) is 3.61. The van der Waals surface area contributed by atoms with Crippen molar-refractivity contribution in [1.82, 2.24) is 10.6 Å². The lowest BCUT2D eigenvalue weighted by atomic mass is 9.99. The maximum absolute atomic E-state index is 11.9. The number of amides is 1. The second-order valence-corrected chi connectivity index (χ2v) is 5.09. The van der Waals surface area contributed by atoms with Crippen LogP contribution in [0.2, 0.25) is 0 Å². The molecule has 1 atom stereocenters. The first-order valence-electron chi connectivity index (χ1n) is 7.02. The standard InChI is InChI=1S/C15H23N3O.2ClH/c1-18(14-7-3-2-4-8-14)11-10-17-15(19)13-6-5-9-16-12-13;;/h2-4,7-8,13,16H,5-6,9-12H2,1H3,(H,17,19);2*1H/t13-;;/m1../s1. The molecule has 2 rings (SSSR count). The molecule has 1 aliphatic rings. The molecule has 6 heteroatoms. The molecule has 0 radical (unpaired) electrons. The molecule has 0 spiro atoms. The monoisotopic (exact) mass is 333 g/mol. The van der Waals surface area contributed by atoms with Gasteiger partial charge in [-0.25, -0.2) is 0 Å². The molecule has 1 aromatic rings. The Hall–Kier alpha value is -0.970. The highest BCUT2D eigenvalue weighted by atomic mass is 35.5. The van der Waals surface area contributed by atoms with Crippen molar-refractivity contribution in [3.8, 4) is 0 Å². The molecular weight excluding hydrogens is 309 g/mol. The van der Waals surface area contributed by atoms with E-state index in [1.165, 1.54) is 5.69 Å². The van der Waals surface area contributed by atoms with E-state index >= 15 is 0 Å². The SMILES string of the molecule is CN(CCNC(=O)[C@@H]1CCCNC1)c1ccccc1.Cl.Cl. The number of nitrogens with one attached hydrogen (secondary N) is 2. The van der Waals surface area contributed by atoms with E-state index in [1.807, 2.05) is 25.2 Å². The molecule has 0 bridgehead atoms. The summed E-state index contributed by atoms with van der Waals surface area (Å²) in [5.74, 6) is 0.337. The average molecular weight is 334 g/mol. The Kier molecular flexibility index (Phi) is 10.2. The Balaban J connectivity index is 0.00000200. The van der Waals surface area contributed by atoms with E-state index in [9.17, 15) is 4.79 Å². The minimum Gasteiger partial charge on any atom is -0.373 e. The summed E-state index contributed by atoms with van der Waals surface area (Å²) in [4.78, 5) is 14.1. The van der Waals surface area contributed by atoms with E-state index in [4.69, 9.17) is 0 Å². The molecule has 1 heterocycles. The number of nitrogens with zero attached hydrogens (tertiary/aromatic N) is 1. The molecule has 0 aromatic heterocycles. The zero-order valence-electron chi connectivity index (χ0n) is 12.4. The summed E-state index contributed by atoms with van der Waals surface area (Å²) in [5.41, 5.74) is 1.18. The summed E-state index contributed by atoms with van der Waals surface area (Å²) in [6.07, 6.45) is 2.11. The van der Waals surface area contributed by atoms with Crippen molar-refractivity contribution in [2.24, 2.45) is 5.92 Å². The van der Waals surface area contributed by atoms with Crippen LogP contribution in [0.4, 0.5) is 5.69 Å². The number of para-hydroxylation sites is 1. The summed E-state index contributed by atoms with van der Waals surface area (Å²) in [6.45, 7) is 3.39. The highest BCUT2D eigenvalue weighted by Crippen LogP contribution is 2.11. The second-order valence-electron chi connectivity index (χ2n) is 5.09. The highest BCUT2D eigenvalue weighted by molar-refractivity contribution is 5.85. The van der Waals surface area contributed by atoms with Crippen LogP contribution in [-0.2, 0) is 4.79 Å². The van der Waals surface area contributed by atoms with Crippen LogP contribution in [0, 0.1) is 5.92 Å². The molecule has 120 valence electrons. The van der Waals surface area contributed by atoms with Gasteiger partial charge in [0.05, 0.1) is 5.92 Å². The zero-order valence-corrected chi connectivity index (χ0v) is 14.0. The molecule has 0 saturated carbocycles. The number of carbonyl (C=O) groups is 1. The van der Waals surface area contributed by atoms with Crippen molar-refractivity contribution in [3.63, 3.8) is 0 Å². The number of likely N-dealkylation sites (N-methyl/N-ethyl adjacent to an activating group) is 1. The number of anilines is 1. The molecule has 1 fully saturated rings. The second kappa shape index (κ2) is 10.7. The van der Waals surface area contributed by atoms with Gasteiger partial charge >= 0.3 is 0 Å². The first kappa shape index (κ1) is 20.0. The van der Waals surface area contributed by atoms with E-state index in [1.54, 1.807) is 0 Å². The van der Waals surface area contributed by atoms with Crippen LogP contribution in [0.15, 0.2) is 30.3 Å². The number of hydrogen-bond donors (Lipinski definition) is 2. The van der Waals surface area contributed by atoms with Gasteiger partial charge < -0.3 is 15.5 Å². The fraction of sp³-hybridized carbons (Fsp3) is 0.533. The Bertz CT molecular complexity index is 397. The maximum Gasteiger partial charge on any atom is 0.224 e. The average Bonchev–Trinajstić information content (AvgIpc) is 2.49. The van der Waals surface area contributed by atoms with Crippen LogP contribution in [-0.4, -0.2) is 39.1 Å². The maximum atomic E-state index is 11.9. The van der Waals surface area contributed by atoms with Gasteiger partial charge in [0.15, 0.2) is 0 Å². The van der Waals surface area contributed by atoms with Gasteiger partial charge in [-0.15, -0.1) is 24.8 Å². The van der Waals surface area contributed by atoms with E-state index < -0.39 is 0 Å². The van der Waals surface area contributed by atoms with Crippen molar-refractivity contribution in [3.05, 3.63) is 30.3 Å². The van der Waals surface area contributed by atoms with Crippen molar-refractivity contribution in [1.29, 1.82) is 0 Å². The third kappa shape index (κ3) is 6.55. The van der Waals surface area contributed by atoms with E-state index in [-0.39, 0.29) is 36.6 Å².